The quantitative estimate of drug-likeness (QED) is 0.735. The monoisotopic (exact) mass is 215 g/mol. The molecule has 1 aromatic rings. The molecular formula is C9H14ClN3O. The lowest BCUT2D eigenvalue weighted by atomic mass is 10.1. The molecule has 0 amide bonds. The SMILES string of the molecule is CCC(CCO)Nc1cc(Cl)ncn1. The van der Waals surface area contributed by atoms with Gasteiger partial charge < -0.3 is 10.4 Å². The maximum absolute atomic E-state index is 8.80. The fourth-order valence-corrected chi connectivity index (χ4v) is 1.30. The number of anilines is 1. The van der Waals surface area contributed by atoms with E-state index in [2.05, 4.69) is 22.2 Å². The van der Waals surface area contributed by atoms with Crippen molar-refractivity contribution in [2.24, 2.45) is 0 Å². The van der Waals surface area contributed by atoms with Crippen LogP contribution in [-0.2, 0) is 0 Å². The van der Waals surface area contributed by atoms with E-state index in [1.165, 1.54) is 6.33 Å². The highest BCUT2D eigenvalue weighted by atomic mass is 35.5. The van der Waals surface area contributed by atoms with E-state index in [9.17, 15) is 0 Å². The molecule has 0 aromatic carbocycles. The molecule has 5 heteroatoms. The van der Waals surface area contributed by atoms with Crippen molar-refractivity contribution < 1.29 is 5.11 Å². The Morgan fingerprint density at radius 2 is 2.36 bits per heavy atom. The van der Waals surface area contributed by atoms with Gasteiger partial charge in [0.2, 0.25) is 0 Å². The van der Waals surface area contributed by atoms with Crippen LogP contribution < -0.4 is 5.32 Å². The number of aromatic nitrogens is 2. The fraction of sp³-hybridized carbons (Fsp3) is 0.556. The molecule has 4 nitrogen and oxygen atoms in total. The molecule has 2 N–H and O–H groups in total. The van der Waals surface area contributed by atoms with Crippen LogP contribution in [0.3, 0.4) is 0 Å². The predicted octanol–water partition coefficient (Wildman–Crippen LogP) is 1.70. The lowest BCUT2D eigenvalue weighted by Gasteiger charge is -2.15. The zero-order valence-electron chi connectivity index (χ0n) is 8.07. The summed E-state index contributed by atoms with van der Waals surface area (Å²) in [5.41, 5.74) is 0. The standard InChI is InChI=1S/C9H14ClN3O/c1-2-7(3-4-14)13-9-5-8(10)11-6-12-9/h5-7,14H,2-4H2,1H3,(H,11,12,13). The Balaban J connectivity index is 2.57. The van der Waals surface area contributed by atoms with Crippen LogP contribution in [0.15, 0.2) is 12.4 Å². The molecule has 14 heavy (non-hydrogen) atoms. The van der Waals surface area contributed by atoms with E-state index in [0.29, 0.717) is 17.4 Å². The van der Waals surface area contributed by atoms with Crippen LogP contribution in [0, 0.1) is 0 Å². The molecule has 0 aliphatic heterocycles. The van der Waals surface area contributed by atoms with E-state index in [4.69, 9.17) is 16.7 Å². The maximum atomic E-state index is 8.80. The summed E-state index contributed by atoms with van der Waals surface area (Å²) in [5.74, 6) is 0.699. The fourth-order valence-electron chi connectivity index (χ4n) is 1.16. The van der Waals surface area contributed by atoms with Crippen LogP contribution in [0.2, 0.25) is 5.15 Å². The first-order valence-corrected chi connectivity index (χ1v) is 4.99. The van der Waals surface area contributed by atoms with E-state index in [0.717, 1.165) is 6.42 Å². The molecular weight excluding hydrogens is 202 g/mol. The van der Waals surface area contributed by atoms with E-state index in [1.54, 1.807) is 6.07 Å². The third-order valence-electron chi connectivity index (χ3n) is 1.96. The van der Waals surface area contributed by atoms with Crippen molar-refractivity contribution in [2.45, 2.75) is 25.8 Å². The van der Waals surface area contributed by atoms with Crippen molar-refractivity contribution in [1.82, 2.24) is 9.97 Å². The van der Waals surface area contributed by atoms with Gasteiger partial charge in [0.1, 0.15) is 17.3 Å². The normalized spacial score (nSPS) is 12.5. The molecule has 1 atom stereocenters. The average molecular weight is 216 g/mol. The average Bonchev–Trinajstić information content (AvgIpc) is 2.17. The lowest BCUT2D eigenvalue weighted by Crippen LogP contribution is -2.20. The van der Waals surface area contributed by atoms with Gasteiger partial charge >= 0.3 is 0 Å². The molecule has 1 heterocycles. The molecule has 0 fully saturated rings. The summed E-state index contributed by atoms with van der Waals surface area (Å²) in [4.78, 5) is 7.81. The van der Waals surface area contributed by atoms with Gasteiger partial charge in [-0.1, -0.05) is 18.5 Å². The summed E-state index contributed by atoms with van der Waals surface area (Å²) >= 11 is 5.71. The van der Waals surface area contributed by atoms with Crippen LogP contribution in [0.25, 0.3) is 0 Å². The number of rotatable bonds is 5. The van der Waals surface area contributed by atoms with Gasteiger partial charge in [-0.25, -0.2) is 9.97 Å². The topological polar surface area (TPSA) is 58.0 Å². The molecule has 0 aliphatic rings. The number of nitrogens with zero attached hydrogens (tertiary/aromatic N) is 2. The minimum Gasteiger partial charge on any atom is -0.396 e. The van der Waals surface area contributed by atoms with Crippen molar-refractivity contribution in [3.05, 3.63) is 17.5 Å². The van der Waals surface area contributed by atoms with Gasteiger partial charge in [0, 0.05) is 18.7 Å². The highest BCUT2D eigenvalue weighted by Crippen LogP contribution is 2.11. The highest BCUT2D eigenvalue weighted by molar-refractivity contribution is 6.29. The summed E-state index contributed by atoms with van der Waals surface area (Å²) < 4.78 is 0. The summed E-state index contributed by atoms with van der Waals surface area (Å²) in [6, 6.07) is 1.90. The van der Waals surface area contributed by atoms with Crippen molar-refractivity contribution >= 4 is 17.4 Å². The Kier molecular flexibility index (Phi) is 4.62. The second-order valence-electron chi connectivity index (χ2n) is 2.99. The maximum Gasteiger partial charge on any atom is 0.134 e. The Morgan fingerprint density at radius 3 is 2.93 bits per heavy atom. The zero-order chi connectivity index (χ0) is 10.4. The Labute approximate surface area is 88.3 Å². The van der Waals surface area contributed by atoms with Gasteiger partial charge in [-0.2, -0.15) is 0 Å². The molecule has 78 valence electrons. The molecule has 0 bridgehead atoms. The number of hydrogen-bond acceptors (Lipinski definition) is 4. The Hall–Kier alpha value is -0.870. The van der Waals surface area contributed by atoms with Gasteiger partial charge in [0.25, 0.3) is 0 Å². The highest BCUT2D eigenvalue weighted by Gasteiger charge is 2.05. The first-order valence-electron chi connectivity index (χ1n) is 4.61. The van der Waals surface area contributed by atoms with Crippen LogP contribution in [-0.4, -0.2) is 27.7 Å². The van der Waals surface area contributed by atoms with E-state index in [-0.39, 0.29) is 12.6 Å². The largest absolute Gasteiger partial charge is 0.396 e. The second-order valence-corrected chi connectivity index (χ2v) is 3.38. The third-order valence-corrected chi connectivity index (χ3v) is 2.16. The van der Waals surface area contributed by atoms with E-state index in [1.807, 2.05) is 0 Å². The van der Waals surface area contributed by atoms with Gasteiger partial charge in [0.15, 0.2) is 0 Å². The number of aliphatic hydroxyl groups excluding tert-OH is 1. The zero-order valence-corrected chi connectivity index (χ0v) is 8.83. The number of nitrogens with one attached hydrogen (secondary N) is 1. The number of hydrogen-bond donors (Lipinski definition) is 2. The molecule has 1 unspecified atom stereocenters. The summed E-state index contributed by atoms with van der Waals surface area (Å²) in [6.07, 6.45) is 3.05. The van der Waals surface area contributed by atoms with Crippen LogP contribution in [0.1, 0.15) is 19.8 Å². The molecule has 0 spiro atoms. The summed E-state index contributed by atoms with van der Waals surface area (Å²) in [6.45, 7) is 2.22. The second kappa shape index (κ2) is 5.78. The number of aliphatic hydroxyl groups is 1. The van der Waals surface area contributed by atoms with Crippen molar-refractivity contribution in [3.8, 4) is 0 Å². The van der Waals surface area contributed by atoms with Gasteiger partial charge in [-0.15, -0.1) is 0 Å². The van der Waals surface area contributed by atoms with Gasteiger partial charge in [-0.3, -0.25) is 0 Å². The van der Waals surface area contributed by atoms with Crippen LogP contribution in [0.4, 0.5) is 5.82 Å². The van der Waals surface area contributed by atoms with Crippen LogP contribution >= 0.6 is 11.6 Å². The molecule has 0 saturated carbocycles. The molecule has 0 radical (unpaired) electrons. The number of halogens is 1. The Bertz CT molecular complexity index is 283. The third kappa shape index (κ3) is 3.47. The molecule has 0 saturated heterocycles. The predicted molar refractivity (Wildman–Crippen MR) is 56.4 cm³/mol. The van der Waals surface area contributed by atoms with Gasteiger partial charge in [0.05, 0.1) is 0 Å². The van der Waals surface area contributed by atoms with Crippen molar-refractivity contribution in [3.63, 3.8) is 0 Å². The lowest BCUT2D eigenvalue weighted by molar-refractivity contribution is 0.278. The van der Waals surface area contributed by atoms with E-state index >= 15 is 0 Å². The minimum absolute atomic E-state index is 0.171. The van der Waals surface area contributed by atoms with Crippen molar-refractivity contribution in [2.75, 3.05) is 11.9 Å². The first-order chi connectivity index (χ1) is 6.76. The van der Waals surface area contributed by atoms with Crippen LogP contribution in [0.5, 0.6) is 0 Å². The summed E-state index contributed by atoms with van der Waals surface area (Å²) in [7, 11) is 0. The van der Waals surface area contributed by atoms with Gasteiger partial charge in [-0.05, 0) is 12.8 Å². The molecule has 1 rings (SSSR count). The Morgan fingerprint density at radius 1 is 1.57 bits per heavy atom. The molecule has 1 aromatic heterocycles. The summed E-state index contributed by atoms with van der Waals surface area (Å²) in [5, 5.41) is 12.4. The minimum atomic E-state index is 0.171. The first kappa shape index (κ1) is 11.2. The van der Waals surface area contributed by atoms with Crippen molar-refractivity contribution in [1.29, 1.82) is 0 Å². The molecule has 0 aliphatic carbocycles. The smallest absolute Gasteiger partial charge is 0.134 e. The van der Waals surface area contributed by atoms with E-state index < -0.39 is 0 Å².